The predicted molar refractivity (Wildman–Crippen MR) is 140 cm³/mol. The van der Waals surface area contributed by atoms with E-state index in [2.05, 4.69) is 15.7 Å². The van der Waals surface area contributed by atoms with Crippen LogP contribution in [0.3, 0.4) is 0 Å². The first kappa shape index (κ1) is 25.8. The molecule has 0 radical (unpaired) electrons. The van der Waals surface area contributed by atoms with Gasteiger partial charge in [0.1, 0.15) is 0 Å². The third-order valence-electron chi connectivity index (χ3n) is 4.82. The van der Waals surface area contributed by atoms with Gasteiger partial charge in [0.15, 0.2) is 17.5 Å². The molecule has 1 atom stereocenters. The van der Waals surface area contributed by atoms with E-state index in [1.54, 1.807) is 19.4 Å². The first-order valence-corrected chi connectivity index (χ1v) is 10.6. The van der Waals surface area contributed by atoms with Gasteiger partial charge in [-0.25, -0.2) is 0 Å². The maximum Gasteiger partial charge on any atom is 0.191 e. The standard InChI is InChI=1S/C23H28ClN5O2.HI/c1-3-25-23(26-13-11-17-5-10-21(30)22(15-17)31-2)27-16-20(29-14-4-12-28-29)18-6-8-19(24)9-7-18;/h4-10,12,14-15,20,30H,3,11,13,16H2,1-2H3,(H2,25,26,27);1H. The average Bonchev–Trinajstić information content (AvgIpc) is 3.30. The minimum Gasteiger partial charge on any atom is -0.504 e. The number of benzene rings is 2. The van der Waals surface area contributed by atoms with Crippen LogP contribution >= 0.6 is 35.6 Å². The number of nitrogens with zero attached hydrogens (tertiary/aromatic N) is 3. The minimum absolute atomic E-state index is 0. The van der Waals surface area contributed by atoms with Crippen LogP contribution in [0.4, 0.5) is 0 Å². The van der Waals surface area contributed by atoms with E-state index in [0.717, 1.165) is 30.1 Å². The van der Waals surface area contributed by atoms with E-state index in [-0.39, 0.29) is 35.8 Å². The lowest BCUT2D eigenvalue weighted by Gasteiger charge is -2.18. The van der Waals surface area contributed by atoms with E-state index < -0.39 is 0 Å². The third-order valence-corrected chi connectivity index (χ3v) is 5.07. The lowest BCUT2D eigenvalue weighted by atomic mass is 10.1. The maximum absolute atomic E-state index is 9.74. The molecule has 2 aromatic carbocycles. The van der Waals surface area contributed by atoms with Crippen LogP contribution in [0, 0.1) is 0 Å². The van der Waals surface area contributed by atoms with Crippen molar-refractivity contribution in [3.05, 3.63) is 77.1 Å². The molecule has 0 saturated heterocycles. The summed E-state index contributed by atoms with van der Waals surface area (Å²) >= 11 is 6.05. The molecule has 0 aliphatic rings. The van der Waals surface area contributed by atoms with Crippen LogP contribution in [0.15, 0.2) is 65.9 Å². The highest BCUT2D eigenvalue weighted by molar-refractivity contribution is 14.0. The Balaban J connectivity index is 0.00000363. The van der Waals surface area contributed by atoms with E-state index >= 15 is 0 Å². The summed E-state index contributed by atoms with van der Waals surface area (Å²) in [5.74, 6) is 1.35. The number of guanidine groups is 1. The van der Waals surface area contributed by atoms with Gasteiger partial charge in [0.05, 0.1) is 19.7 Å². The number of hydrogen-bond donors (Lipinski definition) is 3. The normalized spacial score (nSPS) is 12.0. The van der Waals surface area contributed by atoms with E-state index in [1.807, 2.05) is 60.3 Å². The summed E-state index contributed by atoms with van der Waals surface area (Å²) in [5, 5.41) is 21.5. The van der Waals surface area contributed by atoms with Crippen molar-refractivity contribution in [1.29, 1.82) is 0 Å². The summed E-state index contributed by atoms with van der Waals surface area (Å²) in [4.78, 5) is 4.78. The SMILES string of the molecule is CCNC(=NCC(c1ccc(Cl)cc1)n1cccn1)NCCc1ccc(O)c(OC)c1.I. The molecule has 0 aliphatic carbocycles. The van der Waals surface area contributed by atoms with Gasteiger partial charge in [0.25, 0.3) is 0 Å². The molecule has 0 spiro atoms. The van der Waals surface area contributed by atoms with Crippen molar-refractivity contribution >= 4 is 41.5 Å². The molecule has 0 aliphatic heterocycles. The fourth-order valence-electron chi connectivity index (χ4n) is 3.21. The van der Waals surface area contributed by atoms with Gasteiger partial charge in [-0.2, -0.15) is 5.10 Å². The quantitative estimate of drug-likeness (QED) is 0.204. The second kappa shape index (κ2) is 13.2. The Morgan fingerprint density at radius 2 is 2.00 bits per heavy atom. The number of methoxy groups -OCH3 is 1. The van der Waals surface area contributed by atoms with E-state index in [0.29, 0.717) is 23.9 Å². The highest BCUT2D eigenvalue weighted by Crippen LogP contribution is 2.26. The van der Waals surface area contributed by atoms with Crippen molar-refractivity contribution in [2.75, 3.05) is 26.7 Å². The minimum atomic E-state index is -0.0379. The Kier molecular flexibility index (Phi) is 10.6. The summed E-state index contributed by atoms with van der Waals surface area (Å²) in [5.41, 5.74) is 2.15. The zero-order valence-corrected chi connectivity index (χ0v) is 21.2. The fourth-order valence-corrected chi connectivity index (χ4v) is 3.34. The number of aromatic nitrogens is 2. The Labute approximate surface area is 210 Å². The number of phenolic OH excluding ortho intramolecular Hbond substituents is 1. The fraction of sp³-hybridized carbons (Fsp3) is 0.304. The second-order valence-corrected chi connectivity index (χ2v) is 7.39. The zero-order valence-electron chi connectivity index (χ0n) is 18.2. The number of phenols is 1. The Morgan fingerprint density at radius 1 is 1.22 bits per heavy atom. The van der Waals surface area contributed by atoms with Crippen molar-refractivity contribution in [2.24, 2.45) is 4.99 Å². The van der Waals surface area contributed by atoms with Gasteiger partial charge in [-0.15, -0.1) is 24.0 Å². The van der Waals surface area contributed by atoms with Crippen molar-refractivity contribution in [3.8, 4) is 11.5 Å². The van der Waals surface area contributed by atoms with Crippen LogP contribution in [0.1, 0.15) is 24.1 Å². The number of hydrogen-bond acceptors (Lipinski definition) is 4. The second-order valence-electron chi connectivity index (χ2n) is 6.96. The topological polar surface area (TPSA) is 83.7 Å². The largest absolute Gasteiger partial charge is 0.504 e. The average molecular weight is 570 g/mol. The van der Waals surface area contributed by atoms with Gasteiger partial charge in [0.2, 0.25) is 0 Å². The molecule has 0 amide bonds. The predicted octanol–water partition coefficient (Wildman–Crippen LogP) is 4.26. The van der Waals surface area contributed by atoms with Gasteiger partial charge in [-0.05, 0) is 54.8 Å². The monoisotopic (exact) mass is 569 g/mol. The molecule has 172 valence electrons. The van der Waals surface area contributed by atoms with E-state index in [1.165, 1.54) is 0 Å². The number of ether oxygens (including phenoxy) is 1. The molecular formula is C23H29ClIN5O2. The number of aliphatic imine (C=N–C) groups is 1. The molecule has 9 heteroatoms. The first-order chi connectivity index (χ1) is 15.1. The highest BCUT2D eigenvalue weighted by atomic mass is 127. The van der Waals surface area contributed by atoms with Crippen LogP contribution in [0.25, 0.3) is 0 Å². The molecule has 3 aromatic rings. The van der Waals surface area contributed by atoms with Gasteiger partial charge in [0, 0.05) is 30.5 Å². The molecular weight excluding hydrogens is 541 g/mol. The zero-order chi connectivity index (χ0) is 22.1. The highest BCUT2D eigenvalue weighted by Gasteiger charge is 2.14. The number of nitrogens with one attached hydrogen (secondary N) is 2. The third kappa shape index (κ3) is 7.30. The van der Waals surface area contributed by atoms with Gasteiger partial charge in [-0.3, -0.25) is 9.67 Å². The lowest BCUT2D eigenvalue weighted by molar-refractivity contribution is 0.373. The van der Waals surface area contributed by atoms with E-state index in [9.17, 15) is 5.11 Å². The summed E-state index contributed by atoms with van der Waals surface area (Å²) < 4.78 is 7.08. The van der Waals surface area contributed by atoms with Crippen molar-refractivity contribution < 1.29 is 9.84 Å². The number of rotatable bonds is 9. The molecule has 1 aromatic heterocycles. The lowest BCUT2D eigenvalue weighted by Crippen LogP contribution is -2.38. The smallest absolute Gasteiger partial charge is 0.191 e. The van der Waals surface area contributed by atoms with Crippen molar-refractivity contribution in [2.45, 2.75) is 19.4 Å². The number of halogens is 2. The molecule has 3 rings (SSSR count). The van der Waals surface area contributed by atoms with Crippen LogP contribution in [0.5, 0.6) is 11.5 Å². The molecule has 1 unspecified atom stereocenters. The van der Waals surface area contributed by atoms with Crippen LogP contribution in [-0.4, -0.2) is 47.6 Å². The molecule has 3 N–H and O–H groups in total. The van der Waals surface area contributed by atoms with Crippen LogP contribution < -0.4 is 15.4 Å². The van der Waals surface area contributed by atoms with E-state index in [4.69, 9.17) is 21.3 Å². The maximum atomic E-state index is 9.74. The van der Waals surface area contributed by atoms with Crippen LogP contribution in [-0.2, 0) is 6.42 Å². The molecule has 7 nitrogen and oxygen atoms in total. The summed E-state index contributed by atoms with van der Waals surface area (Å²) in [6.45, 7) is 4.00. The van der Waals surface area contributed by atoms with Gasteiger partial charge in [-0.1, -0.05) is 29.8 Å². The molecule has 1 heterocycles. The molecule has 0 bridgehead atoms. The molecule has 32 heavy (non-hydrogen) atoms. The summed E-state index contributed by atoms with van der Waals surface area (Å²) in [6.07, 6.45) is 4.47. The van der Waals surface area contributed by atoms with Crippen molar-refractivity contribution in [1.82, 2.24) is 20.4 Å². The first-order valence-electron chi connectivity index (χ1n) is 10.2. The Bertz CT molecular complexity index is 981. The van der Waals surface area contributed by atoms with Crippen molar-refractivity contribution in [3.63, 3.8) is 0 Å². The van der Waals surface area contributed by atoms with Gasteiger partial charge >= 0.3 is 0 Å². The summed E-state index contributed by atoms with van der Waals surface area (Å²) in [6, 6.07) is 15.0. The summed E-state index contributed by atoms with van der Waals surface area (Å²) in [7, 11) is 1.55. The molecule has 0 saturated carbocycles. The number of aromatic hydroxyl groups is 1. The van der Waals surface area contributed by atoms with Crippen LogP contribution in [0.2, 0.25) is 5.02 Å². The van der Waals surface area contributed by atoms with Gasteiger partial charge < -0.3 is 20.5 Å². The Hall–Kier alpha value is -2.46. The molecule has 0 fully saturated rings. The Morgan fingerprint density at radius 3 is 2.66 bits per heavy atom.